The predicted octanol–water partition coefficient (Wildman–Crippen LogP) is 12.7. The molecular weight excluding hydrogens is 963 g/mol. The van der Waals surface area contributed by atoms with Gasteiger partial charge in [-0.2, -0.15) is 0 Å². The maximum Gasteiger partial charge on any atom is 0.350 e. The fourth-order valence-electron chi connectivity index (χ4n) is 5.98. The normalized spacial score (nSPS) is 10.7. The van der Waals surface area contributed by atoms with Gasteiger partial charge in [-0.3, -0.25) is 20.7 Å². The zero-order chi connectivity index (χ0) is 48.8. The van der Waals surface area contributed by atoms with Crippen molar-refractivity contribution in [3.63, 3.8) is 0 Å². The second kappa shape index (κ2) is 23.6. The van der Waals surface area contributed by atoms with Gasteiger partial charge in [0, 0.05) is 43.2 Å². The molecule has 350 valence electrons. The number of hydrogen-bond acceptors (Lipinski definition) is 13. The van der Waals surface area contributed by atoms with Crippen molar-refractivity contribution in [1.82, 2.24) is 4.98 Å². The Morgan fingerprint density at radius 3 is 1.51 bits per heavy atom. The number of nitrogens with one attached hydrogen (secondary N) is 6. The zero-order valence-corrected chi connectivity index (χ0v) is 41.2. The van der Waals surface area contributed by atoms with Gasteiger partial charge in [0.15, 0.2) is 20.8 Å². The molecule has 0 spiro atoms. The lowest BCUT2D eigenvalue weighted by Crippen LogP contribution is -2.19. The van der Waals surface area contributed by atoms with Crippen LogP contribution in [0.15, 0.2) is 143 Å². The topological polar surface area (TPSA) is 214 Å². The van der Waals surface area contributed by atoms with Gasteiger partial charge in [-0.05, 0) is 135 Å². The first-order chi connectivity index (χ1) is 32.6. The number of urea groups is 3. The van der Waals surface area contributed by atoms with Gasteiger partial charge in [0.05, 0.1) is 27.2 Å². The van der Waals surface area contributed by atoms with E-state index < -0.39 is 21.8 Å². The van der Waals surface area contributed by atoms with Crippen LogP contribution in [0.2, 0.25) is 0 Å². The smallest absolute Gasteiger partial charge is 0.350 e. The fraction of sp³-hybridized carbons (Fsp3) is 0.125. The van der Waals surface area contributed by atoms with Gasteiger partial charge in [-0.15, -0.1) is 34.4 Å². The van der Waals surface area contributed by atoms with Crippen LogP contribution in [0.1, 0.15) is 39.6 Å². The summed E-state index contributed by atoms with van der Waals surface area (Å²) in [6, 6.07) is 38.9. The average Bonchev–Trinajstić information content (AvgIpc) is 4.02. The molecule has 0 aliphatic rings. The molecule has 0 atom stereocenters. The molecule has 8 aromatic rings. The summed E-state index contributed by atoms with van der Waals surface area (Å²) in [6.45, 7) is 5.25. The lowest BCUT2D eigenvalue weighted by Gasteiger charge is -2.06. The number of hydrogen-bond donors (Lipinski definition) is 6. The highest BCUT2D eigenvalue weighted by Crippen LogP contribution is 2.31. The number of ketones is 1. The second-order valence-electron chi connectivity index (χ2n) is 14.3. The number of anilines is 6. The number of thioether (sulfide) groups is 1. The predicted molar refractivity (Wildman–Crippen MR) is 279 cm³/mol. The number of carbonyl (C=O) groups is 5. The fourth-order valence-corrected chi connectivity index (χ4v) is 9.79. The summed E-state index contributed by atoms with van der Waals surface area (Å²) >= 11 is 5.74. The number of carbonyl (C=O) groups excluding carboxylic acids is 5. The number of sulfone groups is 1. The van der Waals surface area contributed by atoms with Gasteiger partial charge < -0.3 is 20.7 Å². The maximum absolute atomic E-state index is 12.0. The number of thiophene rings is 2. The number of Topliss-reactive ketones (excluding diaryl/α,β-unsaturated/α-hetero) is 1. The monoisotopic (exact) mass is 1010 g/mol. The van der Waals surface area contributed by atoms with E-state index in [1.165, 1.54) is 41.7 Å². The van der Waals surface area contributed by atoms with Gasteiger partial charge in [-0.1, -0.05) is 47.7 Å². The molecule has 0 unspecified atom stereocenters. The molecule has 5 aromatic carbocycles. The Hall–Kier alpha value is -7.10. The summed E-state index contributed by atoms with van der Waals surface area (Å²) < 4.78 is 30.0. The maximum atomic E-state index is 12.0. The molecule has 3 heterocycles. The summed E-state index contributed by atoms with van der Waals surface area (Å²) in [7, 11) is -3.24. The number of ether oxygens (including phenoxy) is 1. The van der Waals surface area contributed by atoms with Gasteiger partial charge in [0.2, 0.25) is 0 Å². The van der Waals surface area contributed by atoms with Crippen LogP contribution in [0.5, 0.6) is 0 Å². The van der Waals surface area contributed by atoms with Gasteiger partial charge >= 0.3 is 24.1 Å². The number of thiazole rings is 1. The third-order valence-electron chi connectivity index (χ3n) is 9.24. The van der Waals surface area contributed by atoms with Crippen molar-refractivity contribution in [2.24, 2.45) is 0 Å². The van der Waals surface area contributed by atoms with Crippen LogP contribution < -0.4 is 31.9 Å². The Labute approximate surface area is 408 Å². The first-order valence-corrected chi connectivity index (χ1v) is 26.0. The average molecular weight is 1010 g/mol. The third kappa shape index (κ3) is 14.7. The largest absolute Gasteiger partial charge is 0.462 e. The molecule has 8 rings (SSSR count). The molecule has 0 fully saturated rings. The van der Waals surface area contributed by atoms with Crippen LogP contribution in [0.4, 0.5) is 46.6 Å². The van der Waals surface area contributed by atoms with Gasteiger partial charge in [0.25, 0.3) is 0 Å². The first-order valence-electron chi connectivity index (χ1n) is 20.5. The molecule has 20 heteroatoms. The lowest BCUT2D eigenvalue weighted by molar-refractivity contribution is 0.0530. The minimum atomic E-state index is -3.24. The molecule has 6 amide bonds. The summed E-state index contributed by atoms with van der Waals surface area (Å²) in [5, 5.41) is 20.4. The number of benzene rings is 5. The number of nitrogens with zero attached hydrogens (tertiary/aromatic N) is 1. The molecule has 15 nitrogen and oxygen atoms in total. The van der Waals surface area contributed by atoms with Crippen LogP contribution in [0.3, 0.4) is 0 Å². The van der Waals surface area contributed by atoms with E-state index in [0.717, 1.165) is 52.7 Å². The minimum absolute atomic E-state index is 0.00118. The van der Waals surface area contributed by atoms with Crippen molar-refractivity contribution in [3.8, 4) is 0 Å². The Morgan fingerprint density at radius 1 is 0.618 bits per heavy atom. The molecule has 0 radical (unpaired) electrons. The van der Waals surface area contributed by atoms with E-state index in [1.807, 2.05) is 91.2 Å². The zero-order valence-electron chi connectivity index (χ0n) is 37.2. The summed E-state index contributed by atoms with van der Waals surface area (Å²) in [6.07, 6.45) is 3.13. The highest BCUT2D eigenvalue weighted by atomic mass is 32.2. The van der Waals surface area contributed by atoms with E-state index in [-0.39, 0.29) is 22.7 Å². The minimum Gasteiger partial charge on any atom is -0.462 e. The number of rotatable bonds is 11. The molecule has 0 bridgehead atoms. The number of fused-ring (bicyclic) bond motifs is 2. The molecule has 0 saturated heterocycles. The first kappa shape index (κ1) is 50.3. The van der Waals surface area contributed by atoms with E-state index in [2.05, 4.69) is 36.9 Å². The van der Waals surface area contributed by atoms with E-state index in [0.29, 0.717) is 44.9 Å². The lowest BCUT2D eigenvalue weighted by atomic mass is 10.1. The Kier molecular flexibility index (Phi) is 17.4. The number of esters is 1. The van der Waals surface area contributed by atoms with Crippen molar-refractivity contribution in [2.45, 2.75) is 30.6 Å². The van der Waals surface area contributed by atoms with Gasteiger partial charge in [-0.25, -0.2) is 32.6 Å². The summed E-state index contributed by atoms with van der Waals surface area (Å²) in [5.41, 5.74) is 3.00. The number of amides is 6. The van der Waals surface area contributed by atoms with Crippen molar-refractivity contribution < 1.29 is 37.1 Å². The van der Waals surface area contributed by atoms with Crippen LogP contribution in [-0.4, -0.2) is 62.4 Å². The molecular formula is C48H45N7O8S5. The molecule has 68 heavy (non-hydrogen) atoms. The number of aromatic nitrogens is 1. The third-order valence-corrected chi connectivity index (χ3v) is 14.2. The highest BCUT2D eigenvalue weighted by molar-refractivity contribution is 7.98. The SMILES string of the molecule is CC(=O)c1ccc(NC(=O)Nc2cc3ccccc3s2)cc1.CCOC(=O)c1sc(NC(=O)Nc2ccc(SC)cc2)nc1C.CS(=O)(=O)c1ccc(NC(=O)Nc2cc3ccccc3s2)cc1. The Bertz CT molecular complexity index is 3100. The summed E-state index contributed by atoms with van der Waals surface area (Å²) in [4.78, 5) is 64.8. The second-order valence-corrected chi connectivity index (χ2v) is 20.4. The molecule has 3 aromatic heterocycles. The van der Waals surface area contributed by atoms with Crippen molar-refractivity contribution in [1.29, 1.82) is 0 Å². The molecule has 0 saturated carbocycles. The van der Waals surface area contributed by atoms with Gasteiger partial charge in [0.1, 0.15) is 4.88 Å². The van der Waals surface area contributed by atoms with Crippen LogP contribution in [0.25, 0.3) is 20.2 Å². The van der Waals surface area contributed by atoms with Crippen LogP contribution in [-0.2, 0) is 14.6 Å². The van der Waals surface area contributed by atoms with Crippen LogP contribution >= 0.6 is 45.8 Å². The van der Waals surface area contributed by atoms with E-state index in [9.17, 15) is 32.4 Å². The molecule has 0 aliphatic carbocycles. The van der Waals surface area contributed by atoms with Crippen molar-refractivity contribution in [2.75, 3.05) is 51.0 Å². The highest BCUT2D eigenvalue weighted by Gasteiger charge is 2.18. The van der Waals surface area contributed by atoms with Crippen molar-refractivity contribution in [3.05, 3.63) is 150 Å². The summed E-state index contributed by atoms with van der Waals surface area (Å²) in [5.74, 6) is -0.426. The molecule has 6 N–H and O–H groups in total. The van der Waals surface area contributed by atoms with Crippen molar-refractivity contribution >= 4 is 138 Å². The Morgan fingerprint density at radius 2 is 1.07 bits per heavy atom. The standard InChI is InChI=1S/C17H14N2O2S.C16H14N2O3S2.C15H17N3O3S2/c1-11(20)12-6-8-14(9-7-12)18-17(21)19-16-10-13-4-2-3-5-15(13)22-16;1-23(20,21)13-8-6-12(7-9-13)17-16(19)18-15-10-11-4-2-3-5-14(11)22-15;1-4-21-13(19)12-9(2)16-15(23-12)18-14(20)17-10-5-7-11(22-3)8-6-10/h2-10H,1H3,(H2,18,19,21);2-10H,1H3,(H2,17,18,19);5-8H,4H2,1-3H3,(H2,16,17,18,20). The quantitative estimate of drug-likeness (QED) is 0.0410. The molecule has 0 aliphatic heterocycles. The van der Waals surface area contributed by atoms with Crippen LogP contribution in [0, 0.1) is 6.92 Å². The van der Waals surface area contributed by atoms with E-state index >= 15 is 0 Å². The van der Waals surface area contributed by atoms with E-state index in [1.54, 1.807) is 62.0 Å². The Balaban J connectivity index is 0.000000168. The number of aryl methyl sites for hydroxylation is 1. The van der Waals surface area contributed by atoms with E-state index in [4.69, 9.17) is 4.74 Å².